The maximum atomic E-state index is 11.3. The van der Waals surface area contributed by atoms with Crippen molar-refractivity contribution in [2.75, 3.05) is 13.1 Å². The van der Waals surface area contributed by atoms with E-state index in [-0.39, 0.29) is 11.9 Å². The van der Waals surface area contributed by atoms with E-state index in [2.05, 4.69) is 12.2 Å². The normalized spacial score (nSPS) is 25.8. The van der Waals surface area contributed by atoms with Crippen LogP contribution in [0.1, 0.15) is 26.2 Å². The van der Waals surface area contributed by atoms with Gasteiger partial charge >= 0.3 is 6.03 Å². The van der Waals surface area contributed by atoms with Crippen LogP contribution < -0.4 is 5.32 Å². The van der Waals surface area contributed by atoms with Gasteiger partial charge in [-0.3, -0.25) is 10.1 Å². The molecule has 2 fully saturated rings. The van der Waals surface area contributed by atoms with E-state index in [1.807, 2.05) is 0 Å². The van der Waals surface area contributed by atoms with Crippen LogP contribution in [0.25, 0.3) is 0 Å². The zero-order valence-corrected chi connectivity index (χ0v) is 7.80. The van der Waals surface area contributed by atoms with Gasteiger partial charge in [0, 0.05) is 19.5 Å². The maximum Gasteiger partial charge on any atom is 0.324 e. The summed E-state index contributed by atoms with van der Waals surface area (Å²) in [6.45, 7) is 3.56. The minimum Gasteiger partial charge on any atom is -0.323 e. The Labute approximate surface area is 77.3 Å². The number of urea groups is 1. The quantitative estimate of drug-likeness (QED) is 0.684. The average molecular weight is 182 g/mol. The van der Waals surface area contributed by atoms with Gasteiger partial charge in [0.05, 0.1) is 0 Å². The molecule has 0 spiro atoms. The molecule has 2 aliphatic rings. The summed E-state index contributed by atoms with van der Waals surface area (Å²) < 4.78 is 0. The summed E-state index contributed by atoms with van der Waals surface area (Å²) in [5.41, 5.74) is 0.331. The molecular weight excluding hydrogens is 168 g/mol. The number of carbonyl (C=O) groups is 2. The third-order valence-corrected chi connectivity index (χ3v) is 2.82. The van der Waals surface area contributed by atoms with Crippen LogP contribution in [-0.2, 0) is 4.79 Å². The van der Waals surface area contributed by atoms with E-state index in [0.717, 1.165) is 6.54 Å². The second kappa shape index (κ2) is 2.72. The van der Waals surface area contributed by atoms with Gasteiger partial charge in [-0.1, -0.05) is 6.92 Å². The van der Waals surface area contributed by atoms with Crippen molar-refractivity contribution in [3.8, 4) is 0 Å². The molecule has 0 aromatic rings. The van der Waals surface area contributed by atoms with Crippen LogP contribution >= 0.6 is 0 Å². The lowest BCUT2D eigenvalue weighted by atomic mass is 10.1. The largest absolute Gasteiger partial charge is 0.324 e. The molecule has 1 saturated carbocycles. The Morgan fingerprint density at radius 3 is 2.69 bits per heavy atom. The molecule has 1 heterocycles. The highest BCUT2D eigenvalue weighted by Gasteiger charge is 2.40. The second-order valence-electron chi connectivity index (χ2n) is 4.34. The van der Waals surface area contributed by atoms with Gasteiger partial charge in [0.1, 0.15) is 0 Å². The van der Waals surface area contributed by atoms with Crippen LogP contribution in [0.3, 0.4) is 0 Å². The predicted molar refractivity (Wildman–Crippen MR) is 47.1 cm³/mol. The van der Waals surface area contributed by atoms with Crippen LogP contribution in [-0.4, -0.2) is 29.9 Å². The summed E-state index contributed by atoms with van der Waals surface area (Å²) in [7, 11) is 0. The van der Waals surface area contributed by atoms with Crippen LogP contribution in [0.5, 0.6) is 0 Å². The Balaban J connectivity index is 1.92. The van der Waals surface area contributed by atoms with Crippen molar-refractivity contribution < 1.29 is 9.59 Å². The molecule has 1 aliphatic heterocycles. The number of imide groups is 1. The minimum absolute atomic E-state index is 0.151. The highest BCUT2D eigenvalue weighted by Crippen LogP contribution is 2.45. The molecule has 0 atom stereocenters. The van der Waals surface area contributed by atoms with Gasteiger partial charge in [-0.15, -0.1) is 0 Å². The Bertz CT molecular complexity index is 258. The Morgan fingerprint density at radius 1 is 1.46 bits per heavy atom. The summed E-state index contributed by atoms with van der Waals surface area (Å²) in [5.74, 6) is -0.151. The number of carbonyl (C=O) groups excluding carboxylic acids is 2. The van der Waals surface area contributed by atoms with E-state index in [4.69, 9.17) is 0 Å². The fourth-order valence-electron chi connectivity index (χ4n) is 1.58. The third kappa shape index (κ3) is 1.82. The molecule has 13 heavy (non-hydrogen) atoms. The van der Waals surface area contributed by atoms with Crippen molar-refractivity contribution in [3.05, 3.63) is 0 Å². The van der Waals surface area contributed by atoms with Crippen molar-refractivity contribution in [2.24, 2.45) is 5.41 Å². The van der Waals surface area contributed by atoms with E-state index in [1.165, 1.54) is 12.8 Å². The fraction of sp³-hybridized carbons (Fsp3) is 0.778. The molecule has 0 unspecified atom stereocenters. The van der Waals surface area contributed by atoms with E-state index in [1.54, 1.807) is 4.90 Å². The summed E-state index contributed by atoms with van der Waals surface area (Å²) in [6.07, 6.45) is 2.84. The van der Waals surface area contributed by atoms with Gasteiger partial charge in [-0.2, -0.15) is 0 Å². The van der Waals surface area contributed by atoms with E-state index in [0.29, 0.717) is 18.4 Å². The maximum absolute atomic E-state index is 11.3. The first-order valence-electron chi connectivity index (χ1n) is 4.68. The van der Waals surface area contributed by atoms with Gasteiger partial charge < -0.3 is 4.90 Å². The van der Waals surface area contributed by atoms with Gasteiger partial charge in [0.2, 0.25) is 5.91 Å². The van der Waals surface area contributed by atoms with E-state index < -0.39 is 0 Å². The SMILES string of the molecule is CC1(CN2CCC(=O)NC2=O)CC1. The first-order chi connectivity index (χ1) is 6.09. The molecule has 1 saturated heterocycles. The van der Waals surface area contributed by atoms with Gasteiger partial charge in [-0.25, -0.2) is 4.79 Å². The molecule has 1 aliphatic carbocycles. The van der Waals surface area contributed by atoms with Gasteiger partial charge in [0.15, 0.2) is 0 Å². The highest BCUT2D eigenvalue weighted by atomic mass is 16.2. The van der Waals surface area contributed by atoms with Crippen LogP contribution in [0, 0.1) is 5.41 Å². The van der Waals surface area contributed by atoms with Crippen molar-refractivity contribution in [3.63, 3.8) is 0 Å². The number of hydrogen-bond donors (Lipinski definition) is 1. The summed E-state index contributed by atoms with van der Waals surface area (Å²) in [4.78, 5) is 23.9. The molecule has 72 valence electrons. The Kier molecular flexibility index (Phi) is 1.78. The monoisotopic (exact) mass is 182 g/mol. The number of amides is 3. The van der Waals surface area contributed by atoms with Crippen molar-refractivity contribution in [1.82, 2.24) is 10.2 Å². The lowest BCUT2D eigenvalue weighted by Gasteiger charge is -2.28. The lowest BCUT2D eigenvalue weighted by Crippen LogP contribution is -2.50. The predicted octanol–water partition coefficient (Wildman–Crippen LogP) is 0.728. The zero-order valence-electron chi connectivity index (χ0n) is 7.80. The van der Waals surface area contributed by atoms with E-state index >= 15 is 0 Å². The van der Waals surface area contributed by atoms with Crippen molar-refractivity contribution >= 4 is 11.9 Å². The molecule has 0 aromatic carbocycles. The molecule has 1 N–H and O–H groups in total. The minimum atomic E-state index is -0.218. The van der Waals surface area contributed by atoms with E-state index in [9.17, 15) is 9.59 Å². The first kappa shape index (κ1) is 8.53. The molecule has 2 rings (SSSR count). The van der Waals surface area contributed by atoms with Crippen molar-refractivity contribution in [1.29, 1.82) is 0 Å². The summed E-state index contributed by atoms with van der Waals surface area (Å²) in [6, 6.07) is -0.218. The molecule has 3 amide bonds. The number of nitrogens with one attached hydrogen (secondary N) is 1. The fourth-order valence-corrected chi connectivity index (χ4v) is 1.58. The van der Waals surface area contributed by atoms with Crippen LogP contribution in [0.15, 0.2) is 0 Å². The summed E-state index contributed by atoms with van der Waals surface area (Å²) >= 11 is 0. The molecule has 4 heteroatoms. The number of rotatable bonds is 2. The highest BCUT2D eigenvalue weighted by molar-refractivity contribution is 5.96. The topological polar surface area (TPSA) is 49.4 Å². The van der Waals surface area contributed by atoms with Crippen molar-refractivity contribution in [2.45, 2.75) is 26.2 Å². The molecule has 0 aromatic heterocycles. The van der Waals surface area contributed by atoms with Gasteiger partial charge in [-0.05, 0) is 18.3 Å². The van der Waals surface area contributed by atoms with Crippen LogP contribution in [0.2, 0.25) is 0 Å². The Hall–Kier alpha value is -1.06. The molecule has 4 nitrogen and oxygen atoms in total. The smallest absolute Gasteiger partial charge is 0.323 e. The third-order valence-electron chi connectivity index (χ3n) is 2.82. The van der Waals surface area contributed by atoms with Gasteiger partial charge in [0.25, 0.3) is 0 Å². The van der Waals surface area contributed by atoms with Crippen LogP contribution in [0.4, 0.5) is 4.79 Å². The lowest BCUT2D eigenvalue weighted by molar-refractivity contribution is -0.121. The summed E-state index contributed by atoms with van der Waals surface area (Å²) in [5, 5.41) is 2.33. The number of nitrogens with zero attached hydrogens (tertiary/aromatic N) is 1. The zero-order chi connectivity index (χ0) is 9.47. The molecule has 0 bridgehead atoms. The number of hydrogen-bond acceptors (Lipinski definition) is 2. The second-order valence-corrected chi connectivity index (χ2v) is 4.34. The molecule has 0 radical (unpaired) electrons. The molecular formula is C9H14N2O2. The first-order valence-corrected chi connectivity index (χ1v) is 4.68. The average Bonchev–Trinajstić information content (AvgIpc) is 2.75. The Morgan fingerprint density at radius 2 is 2.15 bits per heavy atom. The standard InChI is InChI=1S/C9H14N2O2/c1-9(3-4-9)6-11-5-2-7(12)10-8(11)13/h2-6H2,1H3,(H,10,12,13).